The van der Waals surface area contributed by atoms with Gasteiger partial charge in [0.25, 0.3) is 0 Å². The molecule has 0 aliphatic carbocycles. The van der Waals surface area contributed by atoms with Gasteiger partial charge in [-0.2, -0.15) is 0 Å². The van der Waals surface area contributed by atoms with Crippen molar-refractivity contribution in [1.29, 1.82) is 0 Å². The lowest BCUT2D eigenvalue weighted by Gasteiger charge is -2.39. The summed E-state index contributed by atoms with van der Waals surface area (Å²) < 4.78 is 23.3. The molecule has 19 heavy (non-hydrogen) atoms. The van der Waals surface area contributed by atoms with Crippen LogP contribution in [0.4, 0.5) is 0 Å². The number of nitrogens with one attached hydrogen (secondary N) is 1. The van der Waals surface area contributed by atoms with E-state index in [0.717, 1.165) is 4.90 Å². The molecule has 0 atom stereocenters. The minimum atomic E-state index is -5.08. The summed E-state index contributed by atoms with van der Waals surface area (Å²) >= 11 is 0. The van der Waals surface area contributed by atoms with Gasteiger partial charge in [-0.05, 0) is 26.9 Å². The fourth-order valence-corrected chi connectivity index (χ4v) is 5.13. The van der Waals surface area contributed by atoms with Crippen molar-refractivity contribution in [3.8, 4) is 0 Å². The largest absolute Gasteiger partial charge is 0.358 e. The Morgan fingerprint density at radius 1 is 1.26 bits per heavy atom. The van der Waals surface area contributed by atoms with Crippen molar-refractivity contribution >= 4 is 15.2 Å². The van der Waals surface area contributed by atoms with Crippen molar-refractivity contribution in [2.24, 2.45) is 0 Å². The van der Waals surface area contributed by atoms with E-state index in [1.165, 1.54) is 26.6 Å². The quantitative estimate of drug-likeness (QED) is 0.458. The minimum Gasteiger partial charge on any atom is -0.351 e. The van der Waals surface area contributed by atoms with Crippen LogP contribution in [-0.4, -0.2) is 53.6 Å². The second-order valence-corrected chi connectivity index (χ2v) is 8.33. The summed E-state index contributed by atoms with van der Waals surface area (Å²) in [5.74, 6) is 0. The maximum Gasteiger partial charge on any atom is 0.358 e. The van der Waals surface area contributed by atoms with E-state index in [1.54, 1.807) is 0 Å². The maximum absolute atomic E-state index is 11.6. The van der Waals surface area contributed by atoms with Crippen LogP contribution in [-0.2, 0) is 15.6 Å². The lowest BCUT2D eigenvalue weighted by atomic mass is 10.2. The van der Waals surface area contributed by atoms with Crippen molar-refractivity contribution in [3.05, 3.63) is 18.2 Å². The van der Waals surface area contributed by atoms with E-state index in [0.29, 0.717) is 5.69 Å². The van der Waals surface area contributed by atoms with Gasteiger partial charge in [-0.15, -0.1) is 0 Å². The standard InChI is InChI=1S/C8H17N3O6P2/c1-11(2)8(18(12,13)14,19(15,16)17)4-3-7-5-9-6-10-7/h5-6H,3-4H2,1-2H3,(H,9,10)(H2,12,13,14)(H2,15,16,17). The topological polar surface area (TPSA) is 147 Å². The van der Waals surface area contributed by atoms with Crippen molar-refractivity contribution in [2.45, 2.75) is 17.9 Å². The van der Waals surface area contributed by atoms with Crippen LogP contribution in [0.15, 0.2) is 12.5 Å². The molecule has 0 bridgehead atoms. The van der Waals surface area contributed by atoms with Crippen LogP contribution in [0.5, 0.6) is 0 Å². The number of aryl methyl sites for hydroxylation is 1. The molecule has 1 aromatic heterocycles. The molecule has 0 saturated carbocycles. The van der Waals surface area contributed by atoms with Crippen LogP contribution in [0.2, 0.25) is 0 Å². The molecule has 9 nitrogen and oxygen atoms in total. The number of nitrogens with zero attached hydrogens (tertiary/aromatic N) is 2. The fraction of sp³-hybridized carbons (Fsp3) is 0.625. The summed E-state index contributed by atoms with van der Waals surface area (Å²) in [7, 11) is -7.71. The molecule has 0 fully saturated rings. The first kappa shape index (κ1) is 16.5. The molecule has 0 spiro atoms. The van der Waals surface area contributed by atoms with Gasteiger partial charge >= 0.3 is 15.2 Å². The third-order valence-electron chi connectivity index (χ3n) is 2.92. The second kappa shape index (κ2) is 5.46. The highest BCUT2D eigenvalue weighted by Gasteiger charge is 2.61. The minimum absolute atomic E-state index is 0.0257. The van der Waals surface area contributed by atoms with E-state index in [4.69, 9.17) is 0 Å². The maximum atomic E-state index is 11.6. The summed E-state index contributed by atoms with van der Waals surface area (Å²) in [6.45, 7) is 0. The molecule has 0 aliphatic heterocycles. The van der Waals surface area contributed by atoms with Gasteiger partial charge in [0.15, 0.2) is 0 Å². The van der Waals surface area contributed by atoms with Gasteiger partial charge in [0.05, 0.1) is 12.0 Å². The van der Waals surface area contributed by atoms with E-state index in [1.807, 2.05) is 0 Å². The Bertz CT molecular complexity index is 483. The van der Waals surface area contributed by atoms with Gasteiger partial charge in [-0.25, -0.2) is 4.98 Å². The van der Waals surface area contributed by atoms with E-state index >= 15 is 0 Å². The zero-order valence-electron chi connectivity index (χ0n) is 10.5. The number of aromatic amines is 1. The molecule has 0 radical (unpaired) electrons. The molecule has 0 amide bonds. The van der Waals surface area contributed by atoms with Crippen molar-refractivity contribution in [2.75, 3.05) is 14.1 Å². The number of H-pyrrole nitrogens is 1. The Hall–Kier alpha value is -0.530. The Balaban J connectivity index is 3.18. The monoisotopic (exact) mass is 313 g/mol. The summed E-state index contributed by atoms with van der Waals surface area (Å²) in [5.41, 5.74) is 0.466. The Kier molecular flexibility index (Phi) is 4.75. The van der Waals surface area contributed by atoms with Crippen molar-refractivity contribution < 1.29 is 28.7 Å². The SMILES string of the molecule is CN(C)C(CCc1c[nH]cn1)(P(=O)(O)O)P(=O)(O)O. The summed E-state index contributed by atoms with van der Waals surface area (Å²) in [6, 6.07) is 0. The molecule has 1 aromatic rings. The van der Waals surface area contributed by atoms with E-state index in [9.17, 15) is 28.7 Å². The summed E-state index contributed by atoms with van der Waals surface area (Å²) in [6.07, 6.45) is 2.48. The lowest BCUT2D eigenvalue weighted by molar-refractivity contribution is 0.202. The van der Waals surface area contributed by atoms with Gasteiger partial charge in [0, 0.05) is 6.20 Å². The molecule has 11 heteroatoms. The molecule has 0 unspecified atom stereocenters. The predicted molar refractivity (Wildman–Crippen MR) is 67.4 cm³/mol. The van der Waals surface area contributed by atoms with E-state index in [-0.39, 0.29) is 6.42 Å². The van der Waals surface area contributed by atoms with Gasteiger partial charge < -0.3 is 24.6 Å². The average Bonchev–Trinajstić information content (AvgIpc) is 2.65. The number of hydrogen-bond donors (Lipinski definition) is 5. The number of aromatic nitrogens is 2. The Morgan fingerprint density at radius 2 is 1.79 bits per heavy atom. The van der Waals surface area contributed by atoms with Gasteiger partial charge in [-0.3, -0.25) is 14.0 Å². The van der Waals surface area contributed by atoms with E-state index < -0.39 is 26.6 Å². The molecule has 0 aliphatic rings. The van der Waals surface area contributed by atoms with Crippen LogP contribution in [0.1, 0.15) is 12.1 Å². The molecular weight excluding hydrogens is 296 g/mol. The predicted octanol–water partition coefficient (Wildman–Crippen LogP) is -0.0869. The average molecular weight is 313 g/mol. The number of imidazole rings is 1. The first-order chi connectivity index (χ1) is 8.52. The smallest absolute Gasteiger partial charge is 0.351 e. The van der Waals surface area contributed by atoms with Gasteiger partial charge in [0.1, 0.15) is 0 Å². The first-order valence-electron chi connectivity index (χ1n) is 5.29. The highest BCUT2D eigenvalue weighted by molar-refractivity contribution is 7.72. The van der Waals surface area contributed by atoms with Crippen molar-refractivity contribution in [1.82, 2.24) is 14.9 Å². The molecule has 0 saturated heterocycles. The molecule has 5 N–H and O–H groups in total. The molecule has 0 aromatic carbocycles. The molecular formula is C8H17N3O6P2. The molecule has 110 valence electrons. The fourth-order valence-electron chi connectivity index (χ4n) is 1.93. The van der Waals surface area contributed by atoms with Crippen LogP contribution in [0, 0.1) is 0 Å². The number of rotatable bonds is 6. The van der Waals surface area contributed by atoms with Gasteiger partial charge in [0.2, 0.25) is 5.02 Å². The summed E-state index contributed by atoms with van der Waals surface area (Å²) in [4.78, 5) is 45.1. The normalized spacial score (nSPS) is 14.1. The van der Waals surface area contributed by atoms with Crippen molar-refractivity contribution in [3.63, 3.8) is 0 Å². The highest BCUT2D eigenvalue weighted by Crippen LogP contribution is 2.71. The summed E-state index contributed by atoms with van der Waals surface area (Å²) in [5, 5.41) is -2.54. The zero-order chi connectivity index (χ0) is 14.9. The lowest BCUT2D eigenvalue weighted by Crippen LogP contribution is -2.44. The van der Waals surface area contributed by atoms with Crippen LogP contribution in [0.25, 0.3) is 0 Å². The van der Waals surface area contributed by atoms with E-state index in [2.05, 4.69) is 9.97 Å². The van der Waals surface area contributed by atoms with Crippen LogP contribution < -0.4 is 0 Å². The highest BCUT2D eigenvalue weighted by atomic mass is 31.2. The van der Waals surface area contributed by atoms with Crippen LogP contribution >= 0.6 is 15.2 Å². The third kappa shape index (κ3) is 3.14. The first-order valence-corrected chi connectivity index (χ1v) is 8.51. The number of hydrogen-bond acceptors (Lipinski definition) is 4. The Morgan fingerprint density at radius 3 is 2.11 bits per heavy atom. The van der Waals surface area contributed by atoms with Crippen LogP contribution in [0.3, 0.4) is 0 Å². The Labute approximate surface area is 110 Å². The second-order valence-electron chi connectivity index (χ2n) is 4.32. The third-order valence-corrected chi connectivity index (χ3v) is 7.60. The molecule has 1 rings (SSSR count). The van der Waals surface area contributed by atoms with Gasteiger partial charge in [-0.1, -0.05) is 0 Å². The zero-order valence-corrected chi connectivity index (χ0v) is 12.3. The molecule has 1 heterocycles.